The molecule has 0 fully saturated rings. The molecule has 2 N–H and O–H groups in total. The fourth-order valence-electron chi connectivity index (χ4n) is 2.92. The maximum absolute atomic E-state index is 12.7. The molecule has 0 aliphatic rings. The molecule has 2 aromatic heterocycles. The van der Waals surface area contributed by atoms with Crippen LogP contribution in [0.1, 0.15) is 35.7 Å². The topological polar surface area (TPSA) is 126 Å². The van der Waals surface area contributed by atoms with Crippen molar-refractivity contribution in [2.24, 2.45) is 13.0 Å². The zero-order chi connectivity index (χ0) is 21.8. The van der Waals surface area contributed by atoms with E-state index in [1.165, 1.54) is 11.6 Å². The standard InChI is InChI=1S/C20H23N5O4S/c1-12(2)10-25-17(21)16(18(27)24(3)20(25)28)14(26)11-30-19-23-22-15(29-19)9-13-7-5-4-6-8-13/h4-8,12H,9-11,21H2,1-3H3. The Morgan fingerprint density at radius 3 is 2.57 bits per heavy atom. The number of nitrogens with zero attached hydrogens (tertiary/aromatic N) is 4. The number of aromatic nitrogens is 4. The molecule has 10 heteroatoms. The summed E-state index contributed by atoms with van der Waals surface area (Å²) in [6.07, 6.45) is 0.482. The molecule has 0 radical (unpaired) electrons. The van der Waals surface area contributed by atoms with Gasteiger partial charge >= 0.3 is 5.69 Å². The van der Waals surface area contributed by atoms with Gasteiger partial charge in [-0.1, -0.05) is 55.9 Å². The van der Waals surface area contributed by atoms with Crippen LogP contribution in [0.25, 0.3) is 0 Å². The lowest BCUT2D eigenvalue weighted by Gasteiger charge is -2.15. The molecular weight excluding hydrogens is 406 g/mol. The summed E-state index contributed by atoms with van der Waals surface area (Å²) in [5.74, 6) is -0.193. The molecule has 0 amide bonds. The van der Waals surface area contributed by atoms with Gasteiger partial charge in [0.2, 0.25) is 5.89 Å². The van der Waals surface area contributed by atoms with Crippen molar-refractivity contribution >= 4 is 23.4 Å². The van der Waals surface area contributed by atoms with E-state index in [1.54, 1.807) is 0 Å². The number of carbonyl (C=O) groups is 1. The summed E-state index contributed by atoms with van der Waals surface area (Å²) in [6.45, 7) is 4.13. The lowest BCUT2D eigenvalue weighted by Crippen LogP contribution is -2.43. The van der Waals surface area contributed by atoms with Crippen molar-refractivity contribution < 1.29 is 9.21 Å². The Kier molecular flexibility index (Phi) is 6.56. The zero-order valence-electron chi connectivity index (χ0n) is 17.0. The first-order chi connectivity index (χ1) is 14.3. The molecule has 0 atom stereocenters. The fraction of sp³-hybridized carbons (Fsp3) is 0.350. The van der Waals surface area contributed by atoms with E-state index >= 15 is 0 Å². The van der Waals surface area contributed by atoms with Gasteiger partial charge in [0.05, 0.1) is 12.2 Å². The number of hydrogen-bond acceptors (Lipinski definition) is 8. The molecule has 0 saturated heterocycles. The van der Waals surface area contributed by atoms with E-state index < -0.39 is 17.0 Å². The third-order valence-electron chi connectivity index (χ3n) is 4.38. The summed E-state index contributed by atoms with van der Waals surface area (Å²) in [5, 5.41) is 8.14. The quantitative estimate of drug-likeness (QED) is 0.424. The molecule has 0 unspecified atom stereocenters. The highest BCUT2D eigenvalue weighted by atomic mass is 32.2. The fourth-order valence-corrected chi connectivity index (χ4v) is 3.58. The molecular formula is C20H23N5O4S. The number of benzene rings is 1. The van der Waals surface area contributed by atoms with Crippen molar-refractivity contribution in [2.75, 3.05) is 11.5 Å². The number of nitrogens with two attached hydrogens (primary N) is 1. The minimum absolute atomic E-state index is 0.112. The number of ketones is 1. The predicted molar refractivity (Wildman–Crippen MR) is 114 cm³/mol. The van der Waals surface area contributed by atoms with Gasteiger partial charge < -0.3 is 10.2 Å². The van der Waals surface area contributed by atoms with Crippen LogP contribution in [0.4, 0.5) is 5.82 Å². The van der Waals surface area contributed by atoms with Crippen molar-refractivity contribution in [2.45, 2.75) is 32.0 Å². The Labute approximate surface area is 176 Å². The minimum Gasteiger partial charge on any atom is -0.416 e. The summed E-state index contributed by atoms with van der Waals surface area (Å²) in [6, 6.07) is 9.66. The normalized spacial score (nSPS) is 11.2. The van der Waals surface area contributed by atoms with Gasteiger partial charge in [0.25, 0.3) is 10.8 Å². The SMILES string of the molecule is CC(C)Cn1c(N)c(C(=O)CSc2nnc(Cc3ccccc3)o2)c(=O)n(C)c1=O. The van der Waals surface area contributed by atoms with Crippen molar-refractivity contribution in [1.82, 2.24) is 19.3 Å². The average molecular weight is 430 g/mol. The lowest BCUT2D eigenvalue weighted by molar-refractivity contribution is 0.102. The molecule has 0 spiro atoms. The maximum Gasteiger partial charge on any atom is 0.332 e. The smallest absolute Gasteiger partial charge is 0.332 e. The van der Waals surface area contributed by atoms with Gasteiger partial charge in [-0.25, -0.2) is 4.79 Å². The van der Waals surface area contributed by atoms with Crippen LogP contribution in [0.5, 0.6) is 0 Å². The van der Waals surface area contributed by atoms with Crippen LogP contribution in [0.3, 0.4) is 0 Å². The molecule has 9 nitrogen and oxygen atoms in total. The second-order valence-electron chi connectivity index (χ2n) is 7.25. The third-order valence-corrected chi connectivity index (χ3v) is 5.20. The van der Waals surface area contributed by atoms with E-state index in [1.807, 2.05) is 44.2 Å². The summed E-state index contributed by atoms with van der Waals surface area (Å²) in [4.78, 5) is 37.6. The second-order valence-corrected chi connectivity index (χ2v) is 8.17. The largest absolute Gasteiger partial charge is 0.416 e. The number of nitrogen functional groups attached to an aromatic ring is 1. The Bertz CT molecular complexity index is 1160. The van der Waals surface area contributed by atoms with Crippen LogP contribution in [-0.2, 0) is 20.0 Å². The summed E-state index contributed by atoms with van der Waals surface area (Å²) >= 11 is 1.02. The zero-order valence-corrected chi connectivity index (χ0v) is 17.8. The molecule has 1 aromatic carbocycles. The molecule has 158 valence electrons. The monoisotopic (exact) mass is 429 g/mol. The molecule has 3 rings (SSSR count). The van der Waals surface area contributed by atoms with Crippen LogP contribution >= 0.6 is 11.8 Å². The molecule has 0 aliphatic carbocycles. The molecule has 30 heavy (non-hydrogen) atoms. The van der Waals surface area contributed by atoms with Gasteiger partial charge in [-0.3, -0.25) is 18.7 Å². The third kappa shape index (κ3) is 4.70. The summed E-state index contributed by atoms with van der Waals surface area (Å²) in [5.41, 5.74) is 5.60. The van der Waals surface area contributed by atoms with Crippen molar-refractivity contribution in [3.8, 4) is 0 Å². The minimum atomic E-state index is -0.710. The van der Waals surface area contributed by atoms with Crippen molar-refractivity contribution in [1.29, 1.82) is 0 Å². The van der Waals surface area contributed by atoms with Crippen molar-refractivity contribution in [3.05, 3.63) is 68.2 Å². The number of Topliss-reactive ketones (excluding diaryl/α,β-unsaturated/α-hetero) is 1. The van der Waals surface area contributed by atoms with Gasteiger partial charge in [-0.05, 0) is 11.5 Å². The first-order valence-corrected chi connectivity index (χ1v) is 10.4. The Hall–Kier alpha value is -3.14. The first-order valence-electron chi connectivity index (χ1n) is 9.39. The Morgan fingerprint density at radius 1 is 1.20 bits per heavy atom. The number of carbonyl (C=O) groups excluding carboxylic acids is 1. The molecule has 0 saturated carbocycles. The lowest BCUT2D eigenvalue weighted by atomic mass is 10.2. The van der Waals surface area contributed by atoms with Crippen molar-refractivity contribution in [3.63, 3.8) is 0 Å². The highest BCUT2D eigenvalue weighted by molar-refractivity contribution is 7.99. The molecule has 2 heterocycles. The van der Waals surface area contributed by atoms with E-state index in [2.05, 4.69) is 10.2 Å². The van der Waals surface area contributed by atoms with E-state index in [-0.39, 0.29) is 28.3 Å². The number of hydrogen-bond donors (Lipinski definition) is 1. The number of thioether (sulfide) groups is 1. The van der Waals surface area contributed by atoms with Gasteiger partial charge in [-0.15, -0.1) is 10.2 Å². The van der Waals surface area contributed by atoms with Crippen LogP contribution in [0.2, 0.25) is 0 Å². The van der Waals surface area contributed by atoms with E-state index in [4.69, 9.17) is 10.2 Å². The van der Waals surface area contributed by atoms with Crippen LogP contribution in [0, 0.1) is 5.92 Å². The van der Waals surface area contributed by atoms with Crippen LogP contribution < -0.4 is 17.0 Å². The molecule has 0 aliphatic heterocycles. The van der Waals surface area contributed by atoms with Gasteiger partial charge in [0, 0.05) is 13.6 Å². The summed E-state index contributed by atoms with van der Waals surface area (Å²) in [7, 11) is 1.33. The van der Waals surface area contributed by atoms with Gasteiger partial charge in [0.1, 0.15) is 11.4 Å². The molecule has 3 aromatic rings. The van der Waals surface area contributed by atoms with E-state index in [0.29, 0.717) is 18.9 Å². The van der Waals surface area contributed by atoms with Crippen LogP contribution in [-0.4, -0.2) is 30.9 Å². The van der Waals surface area contributed by atoms with Gasteiger partial charge in [0.15, 0.2) is 5.78 Å². The Morgan fingerprint density at radius 2 is 1.90 bits per heavy atom. The van der Waals surface area contributed by atoms with E-state index in [0.717, 1.165) is 21.9 Å². The van der Waals surface area contributed by atoms with Crippen LogP contribution in [0.15, 0.2) is 49.6 Å². The predicted octanol–water partition coefficient (Wildman–Crippen LogP) is 1.73. The second kappa shape index (κ2) is 9.12. The Balaban J connectivity index is 1.76. The number of anilines is 1. The first kappa shape index (κ1) is 21.6. The number of rotatable bonds is 8. The summed E-state index contributed by atoms with van der Waals surface area (Å²) < 4.78 is 7.73. The average Bonchev–Trinajstić information content (AvgIpc) is 3.16. The van der Waals surface area contributed by atoms with Gasteiger partial charge in [-0.2, -0.15) is 0 Å². The van der Waals surface area contributed by atoms with E-state index in [9.17, 15) is 14.4 Å². The highest BCUT2D eigenvalue weighted by Crippen LogP contribution is 2.20. The highest BCUT2D eigenvalue weighted by Gasteiger charge is 2.22. The maximum atomic E-state index is 12.7. The molecule has 0 bridgehead atoms.